The number of methoxy groups -OCH3 is 1. The second-order valence-corrected chi connectivity index (χ2v) is 4.56. The second kappa shape index (κ2) is 6.19. The highest BCUT2D eigenvalue weighted by Gasteiger charge is 2.19. The number of amides is 1. The maximum Gasteiger partial charge on any atom is 0.339 e. The van der Waals surface area contributed by atoms with E-state index in [1.807, 2.05) is 13.8 Å². The number of hydrogen-bond donors (Lipinski definition) is 0. The average molecular weight is 249 g/mol. The van der Waals surface area contributed by atoms with Crippen LogP contribution in [0.25, 0.3) is 0 Å². The normalized spacial score (nSPS) is 10.3. The van der Waals surface area contributed by atoms with Crippen LogP contribution in [0.2, 0.25) is 0 Å². The number of ether oxygens (including phenoxy) is 1. The third-order valence-electron chi connectivity index (χ3n) is 2.63. The van der Waals surface area contributed by atoms with Crippen LogP contribution in [0, 0.1) is 5.92 Å². The molecule has 18 heavy (non-hydrogen) atoms. The quantitative estimate of drug-likeness (QED) is 0.770. The number of para-hydroxylation sites is 1. The fourth-order valence-electron chi connectivity index (χ4n) is 1.67. The van der Waals surface area contributed by atoms with E-state index in [2.05, 4.69) is 0 Å². The average Bonchev–Trinajstić information content (AvgIpc) is 2.36. The van der Waals surface area contributed by atoms with Gasteiger partial charge in [-0.3, -0.25) is 4.79 Å². The fourth-order valence-corrected chi connectivity index (χ4v) is 1.67. The Morgan fingerprint density at radius 2 is 1.89 bits per heavy atom. The first-order valence-corrected chi connectivity index (χ1v) is 5.91. The molecule has 0 radical (unpaired) electrons. The Kier molecular flexibility index (Phi) is 4.89. The van der Waals surface area contributed by atoms with Crippen molar-refractivity contribution in [3.63, 3.8) is 0 Å². The van der Waals surface area contributed by atoms with Gasteiger partial charge in [-0.25, -0.2) is 4.79 Å². The van der Waals surface area contributed by atoms with Gasteiger partial charge in [0.25, 0.3) is 0 Å². The van der Waals surface area contributed by atoms with Crippen molar-refractivity contribution in [2.75, 3.05) is 19.1 Å². The predicted molar refractivity (Wildman–Crippen MR) is 70.6 cm³/mol. The summed E-state index contributed by atoms with van der Waals surface area (Å²) in [5.41, 5.74) is 0.981. The van der Waals surface area contributed by atoms with E-state index in [0.717, 1.165) is 0 Å². The smallest absolute Gasteiger partial charge is 0.339 e. The minimum atomic E-state index is -0.435. The summed E-state index contributed by atoms with van der Waals surface area (Å²) >= 11 is 0. The number of carbonyl (C=O) groups is 2. The van der Waals surface area contributed by atoms with Crippen molar-refractivity contribution in [2.24, 2.45) is 5.92 Å². The topological polar surface area (TPSA) is 46.6 Å². The number of nitrogens with zero attached hydrogens (tertiary/aromatic N) is 1. The van der Waals surface area contributed by atoms with Crippen LogP contribution in [0.4, 0.5) is 5.69 Å². The van der Waals surface area contributed by atoms with E-state index in [1.54, 1.807) is 31.3 Å². The minimum absolute atomic E-state index is 0.0126. The van der Waals surface area contributed by atoms with E-state index in [-0.39, 0.29) is 11.8 Å². The highest BCUT2D eigenvalue weighted by atomic mass is 16.5. The Bertz CT molecular complexity index is 440. The lowest BCUT2D eigenvalue weighted by molar-refractivity contribution is -0.119. The number of rotatable bonds is 4. The van der Waals surface area contributed by atoms with Gasteiger partial charge in [0.05, 0.1) is 18.4 Å². The molecule has 0 heterocycles. The van der Waals surface area contributed by atoms with Gasteiger partial charge in [-0.1, -0.05) is 26.0 Å². The van der Waals surface area contributed by atoms with E-state index in [9.17, 15) is 9.59 Å². The summed E-state index contributed by atoms with van der Waals surface area (Å²) in [5, 5.41) is 0. The van der Waals surface area contributed by atoms with Gasteiger partial charge in [0.15, 0.2) is 0 Å². The summed E-state index contributed by atoms with van der Waals surface area (Å²) in [4.78, 5) is 25.1. The molecule has 1 aromatic rings. The maximum atomic E-state index is 12.0. The molecule has 98 valence electrons. The number of benzene rings is 1. The monoisotopic (exact) mass is 249 g/mol. The summed E-state index contributed by atoms with van der Waals surface area (Å²) in [5.74, 6) is -0.165. The van der Waals surface area contributed by atoms with Crippen LogP contribution in [0.5, 0.6) is 0 Å². The molecule has 0 saturated carbocycles. The lowest BCUT2D eigenvalue weighted by Crippen LogP contribution is -2.28. The largest absolute Gasteiger partial charge is 0.465 e. The molecule has 1 amide bonds. The minimum Gasteiger partial charge on any atom is -0.465 e. The highest BCUT2D eigenvalue weighted by Crippen LogP contribution is 2.21. The van der Waals surface area contributed by atoms with Gasteiger partial charge in [-0.15, -0.1) is 0 Å². The van der Waals surface area contributed by atoms with Crippen LogP contribution in [-0.2, 0) is 9.53 Å². The Morgan fingerprint density at radius 1 is 1.28 bits per heavy atom. The van der Waals surface area contributed by atoms with Gasteiger partial charge in [0, 0.05) is 13.5 Å². The number of carbonyl (C=O) groups excluding carboxylic acids is 2. The van der Waals surface area contributed by atoms with Gasteiger partial charge in [-0.2, -0.15) is 0 Å². The van der Waals surface area contributed by atoms with Gasteiger partial charge in [0.1, 0.15) is 0 Å². The van der Waals surface area contributed by atoms with E-state index < -0.39 is 5.97 Å². The SMILES string of the molecule is COC(=O)c1ccccc1N(C)C(=O)CC(C)C. The predicted octanol–water partition coefficient (Wildman–Crippen LogP) is 2.48. The van der Waals surface area contributed by atoms with Gasteiger partial charge in [0.2, 0.25) is 5.91 Å². The lowest BCUT2D eigenvalue weighted by atomic mass is 10.1. The molecule has 0 atom stereocenters. The van der Waals surface area contributed by atoms with Crippen molar-refractivity contribution in [1.29, 1.82) is 0 Å². The Balaban J connectivity index is 3.02. The molecule has 0 N–H and O–H groups in total. The van der Waals surface area contributed by atoms with Crippen molar-refractivity contribution in [3.8, 4) is 0 Å². The van der Waals surface area contributed by atoms with E-state index >= 15 is 0 Å². The van der Waals surface area contributed by atoms with Crippen LogP contribution < -0.4 is 4.90 Å². The highest BCUT2D eigenvalue weighted by molar-refractivity contribution is 6.02. The zero-order chi connectivity index (χ0) is 13.7. The molecule has 0 saturated heterocycles. The zero-order valence-corrected chi connectivity index (χ0v) is 11.3. The molecule has 0 aliphatic heterocycles. The molecule has 0 aliphatic rings. The number of hydrogen-bond acceptors (Lipinski definition) is 3. The summed E-state index contributed by atoms with van der Waals surface area (Å²) in [7, 11) is 3.00. The summed E-state index contributed by atoms with van der Waals surface area (Å²) in [6.45, 7) is 3.97. The first kappa shape index (κ1) is 14.2. The van der Waals surface area contributed by atoms with Crippen LogP contribution in [-0.4, -0.2) is 26.0 Å². The standard InChI is InChI=1S/C14H19NO3/c1-10(2)9-13(16)15(3)12-8-6-5-7-11(12)14(17)18-4/h5-8,10H,9H2,1-4H3. The van der Waals surface area contributed by atoms with E-state index in [4.69, 9.17) is 4.74 Å². The third kappa shape index (κ3) is 3.32. The number of anilines is 1. The molecule has 0 spiro atoms. The first-order valence-electron chi connectivity index (χ1n) is 5.91. The molecular formula is C14H19NO3. The Morgan fingerprint density at radius 3 is 2.44 bits per heavy atom. The molecule has 4 heteroatoms. The van der Waals surface area contributed by atoms with Crippen molar-refractivity contribution in [2.45, 2.75) is 20.3 Å². The van der Waals surface area contributed by atoms with E-state index in [0.29, 0.717) is 17.7 Å². The Hall–Kier alpha value is -1.84. The molecule has 4 nitrogen and oxygen atoms in total. The molecule has 0 aliphatic carbocycles. The molecule has 0 bridgehead atoms. The summed E-state index contributed by atoms with van der Waals surface area (Å²) < 4.78 is 4.71. The molecule has 0 unspecified atom stereocenters. The van der Waals surface area contributed by atoms with Crippen molar-refractivity contribution in [1.82, 2.24) is 0 Å². The van der Waals surface area contributed by atoms with Crippen molar-refractivity contribution >= 4 is 17.6 Å². The molecule has 1 rings (SSSR count). The van der Waals surface area contributed by atoms with Crippen LogP contribution in [0.1, 0.15) is 30.6 Å². The molecular weight excluding hydrogens is 230 g/mol. The van der Waals surface area contributed by atoms with Gasteiger partial charge in [-0.05, 0) is 18.1 Å². The fraction of sp³-hybridized carbons (Fsp3) is 0.429. The molecule has 0 aromatic heterocycles. The van der Waals surface area contributed by atoms with E-state index in [1.165, 1.54) is 12.0 Å². The second-order valence-electron chi connectivity index (χ2n) is 4.56. The van der Waals surface area contributed by atoms with Crippen molar-refractivity contribution in [3.05, 3.63) is 29.8 Å². The number of esters is 1. The third-order valence-corrected chi connectivity index (χ3v) is 2.63. The van der Waals surface area contributed by atoms with Crippen LogP contribution in [0.15, 0.2) is 24.3 Å². The van der Waals surface area contributed by atoms with Gasteiger partial charge >= 0.3 is 5.97 Å². The van der Waals surface area contributed by atoms with Crippen LogP contribution >= 0.6 is 0 Å². The van der Waals surface area contributed by atoms with Gasteiger partial charge < -0.3 is 9.64 Å². The lowest BCUT2D eigenvalue weighted by Gasteiger charge is -2.20. The van der Waals surface area contributed by atoms with Crippen molar-refractivity contribution < 1.29 is 14.3 Å². The zero-order valence-electron chi connectivity index (χ0n) is 11.3. The molecule has 1 aromatic carbocycles. The first-order chi connectivity index (χ1) is 8.47. The maximum absolute atomic E-state index is 12.0. The summed E-state index contributed by atoms with van der Waals surface area (Å²) in [6, 6.07) is 6.93. The Labute approximate surface area is 108 Å². The summed E-state index contributed by atoms with van der Waals surface area (Å²) in [6.07, 6.45) is 0.450. The molecule has 0 fully saturated rings. The van der Waals surface area contributed by atoms with Crippen LogP contribution in [0.3, 0.4) is 0 Å².